The maximum Gasteiger partial charge on any atom is 0.251 e. The third-order valence-electron chi connectivity index (χ3n) is 3.40. The molecule has 1 saturated heterocycles. The van der Waals surface area contributed by atoms with Gasteiger partial charge in [0.15, 0.2) is 0 Å². The predicted octanol–water partition coefficient (Wildman–Crippen LogP) is 0.539. The Balaban J connectivity index is 1.88. The average Bonchev–Trinajstić information content (AvgIpc) is 2.92. The summed E-state index contributed by atoms with van der Waals surface area (Å²) in [4.78, 5) is 25.3. The van der Waals surface area contributed by atoms with E-state index in [2.05, 4.69) is 5.32 Å². The standard InChI is InChI=1S/C14H17FN2O3/c15-11-4-1-3-10(7-11)14(20)16-8-13(19)17-6-2-5-12(17)9-18/h1,3-4,7,12,18H,2,5-6,8-9H2,(H,16,20)/t12-/m1/s1. The smallest absolute Gasteiger partial charge is 0.251 e. The van der Waals surface area contributed by atoms with Gasteiger partial charge in [-0.1, -0.05) is 6.07 Å². The van der Waals surface area contributed by atoms with E-state index in [-0.39, 0.29) is 30.7 Å². The molecule has 2 rings (SSSR count). The zero-order valence-electron chi connectivity index (χ0n) is 11.0. The van der Waals surface area contributed by atoms with Crippen LogP contribution in [0.5, 0.6) is 0 Å². The zero-order chi connectivity index (χ0) is 14.5. The highest BCUT2D eigenvalue weighted by molar-refractivity contribution is 5.96. The maximum absolute atomic E-state index is 13.0. The Morgan fingerprint density at radius 1 is 1.45 bits per heavy atom. The Bertz CT molecular complexity index is 507. The van der Waals surface area contributed by atoms with Gasteiger partial charge in [0.05, 0.1) is 19.2 Å². The number of aliphatic hydroxyl groups excluding tert-OH is 1. The number of hydrogen-bond donors (Lipinski definition) is 2. The van der Waals surface area contributed by atoms with Gasteiger partial charge in [-0.15, -0.1) is 0 Å². The van der Waals surface area contributed by atoms with E-state index >= 15 is 0 Å². The molecule has 1 fully saturated rings. The lowest BCUT2D eigenvalue weighted by Crippen LogP contribution is -2.43. The normalized spacial score (nSPS) is 18.1. The van der Waals surface area contributed by atoms with E-state index in [9.17, 15) is 14.0 Å². The monoisotopic (exact) mass is 280 g/mol. The largest absolute Gasteiger partial charge is 0.394 e. The van der Waals surface area contributed by atoms with Crippen molar-refractivity contribution in [2.75, 3.05) is 19.7 Å². The minimum absolute atomic E-state index is 0.0659. The first-order chi connectivity index (χ1) is 9.61. The van der Waals surface area contributed by atoms with Crippen LogP contribution in [0.15, 0.2) is 24.3 Å². The van der Waals surface area contributed by atoms with Crippen molar-refractivity contribution in [1.82, 2.24) is 10.2 Å². The molecule has 0 saturated carbocycles. The molecule has 108 valence electrons. The summed E-state index contributed by atoms with van der Waals surface area (Å²) < 4.78 is 13.0. The Morgan fingerprint density at radius 2 is 2.25 bits per heavy atom. The van der Waals surface area contributed by atoms with Crippen molar-refractivity contribution in [3.63, 3.8) is 0 Å². The number of amides is 2. The van der Waals surface area contributed by atoms with E-state index in [1.165, 1.54) is 18.2 Å². The third-order valence-corrected chi connectivity index (χ3v) is 3.40. The van der Waals surface area contributed by atoms with Crippen LogP contribution in [0, 0.1) is 5.82 Å². The van der Waals surface area contributed by atoms with Gasteiger partial charge in [0.1, 0.15) is 5.82 Å². The molecule has 2 N–H and O–H groups in total. The summed E-state index contributed by atoms with van der Waals surface area (Å²) in [6.07, 6.45) is 1.63. The molecular formula is C14H17FN2O3. The fourth-order valence-corrected chi connectivity index (χ4v) is 2.34. The Morgan fingerprint density at radius 3 is 2.95 bits per heavy atom. The molecule has 0 unspecified atom stereocenters. The number of benzene rings is 1. The fraction of sp³-hybridized carbons (Fsp3) is 0.429. The van der Waals surface area contributed by atoms with Gasteiger partial charge < -0.3 is 15.3 Å². The minimum atomic E-state index is -0.496. The van der Waals surface area contributed by atoms with E-state index in [4.69, 9.17) is 5.11 Å². The van der Waals surface area contributed by atoms with E-state index in [1.54, 1.807) is 4.90 Å². The number of likely N-dealkylation sites (tertiary alicyclic amines) is 1. The van der Waals surface area contributed by atoms with Crippen molar-refractivity contribution in [3.05, 3.63) is 35.6 Å². The lowest BCUT2D eigenvalue weighted by Gasteiger charge is -2.23. The Labute approximate surface area is 116 Å². The van der Waals surface area contributed by atoms with Gasteiger partial charge in [-0.2, -0.15) is 0 Å². The molecule has 5 nitrogen and oxygen atoms in total. The van der Waals surface area contributed by atoms with Crippen LogP contribution in [0.1, 0.15) is 23.2 Å². The van der Waals surface area contributed by atoms with E-state index in [1.807, 2.05) is 0 Å². The molecule has 0 spiro atoms. The molecule has 1 aromatic carbocycles. The van der Waals surface area contributed by atoms with Gasteiger partial charge in [-0.3, -0.25) is 9.59 Å². The van der Waals surface area contributed by atoms with Gasteiger partial charge in [0.2, 0.25) is 5.91 Å². The highest BCUT2D eigenvalue weighted by atomic mass is 19.1. The molecule has 1 atom stereocenters. The van der Waals surface area contributed by atoms with Crippen LogP contribution in [0.3, 0.4) is 0 Å². The molecule has 1 aliphatic heterocycles. The second-order valence-electron chi connectivity index (χ2n) is 4.76. The van der Waals surface area contributed by atoms with E-state index in [0.717, 1.165) is 18.9 Å². The van der Waals surface area contributed by atoms with Crippen LogP contribution in [0.25, 0.3) is 0 Å². The lowest BCUT2D eigenvalue weighted by atomic mass is 10.2. The van der Waals surface area contributed by atoms with Crippen molar-refractivity contribution >= 4 is 11.8 Å². The van der Waals surface area contributed by atoms with Gasteiger partial charge in [-0.25, -0.2) is 4.39 Å². The first-order valence-electron chi connectivity index (χ1n) is 6.56. The quantitative estimate of drug-likeness (QED) is 0.845. The first kappa shape index (κ1) is 14.5. The summed E-state index contributed by atoms with van der Waals surface area (Å²) in [5, 5.41) is 11.6. The summed E-state index contributed by atoms with van der Waals surface area (Å²) in [6, 6.07) is 5.13. The van der Waals surface area contributed by atoms with Crippen LogP contribution in [-0.2, 0) is 4.79 Å². The Kier molecular flexibility index (Phi) is 4.68. The molecule has 1 aromatic rings. The molecule has 0 bridgehead atoms. The van der Waals surface area contributed by atoms with Crippen LogP contribution in [0.2, 0.25) is 0 Å². The molecular weight excluding hydrogens is 263 g/mol. The minimum Gasteiger partial charge on any atom is -0.394 e. The predicted molar refractivity (Wildman–Crippen MR) is 70.6 cm³/mol. The van der Waals surface area contributed by atoms with Crippen LogP contribution >= 0.6 is 0 Å². The summed E-state index contributed by atoms with van der Waals surface area (Å²) in [6.45, 7) is 0.384. The molecule has 6 heteroatoms. The van der Waals surface area contributed by atoms with Crippen molar-refractivity contribution in [2.45, 2.75) is 18.9 Å². The third kappa shape index (κ3) is 3.33. The summed E-state index contributed by atoms with van der Waals surface area (Å²) in [5.41, 5.74) is 0.179. The number of rotatable bonds is 4. The topological polar surface area (TPSA) is 69.6 Å². The Hall–Kier alpha value is -1.95. The molecule has 0 radical (unpaired) electrons. The van der Waals surface area contributed by atoms with Gasteiger partial charge >= 0.3 is 0 Å². The van der Waals surface area contributed by atoms with E-state index in [0.29, 0.717) is 6.54 Å². The van der Waals surface area contributed by atoms with Crippen molar-refractivity contribution in [2.24, 2.45) is 0 Å². The maximum atomic E-state index is 13.0. The first-order valence-corrected chi connectivity index (χ1v) is 6.56. The van der Waals surface area contributed by atoms with Crippen molar-refractivity contribution < 1.29 is 19.1 Å². The van der Waals surface area contributed by atoms with Crippen LogP contribution in [-0.4, -0.2) is 47.6 Å². The zero-order valence-corrected chi connectivity index (χ0v) is 11.0. The lowest BCUT2D eigenvalue weighted by molar-refractivity contribution is -0.131. The van der Waals surface area contributed by atoms with Crippen LogP contribution in [0.4, 0.5) is 4.39 Å². The molecule has 1 aliphatic rings. The number of aliphatic hydroxyl groups is 1. The summed E-state index contributed by atoms with van der Waals surface area (Å²) in [5.74, 6) is -1.22. The molecule has 2 amide bonds. The average molecular weight is 280 g/mol. The number of nitrogens with one attached hydrogen (secondary N) is 1. The second-order valence-corrected chi connectivity index (χ2v) is 4.76. The number of hydrogen-bond acceptors (Lipinski definition) is 3. The fourth-order valence-electron chi connectivity index (χ4n) is 2.34. The molecule has 1 heterocycles. The number of carbonyl (C=O) groups is 2. The van der Waals surface area contributed by atoms with Crippen LogP contribution < -0.4 is 5.32 Å². The molecule has 20 heavy (non-hydrogen) atoms. The number of carbonyl (C=O) groups excluding carboxylic acids is 2. The number of nitrogens with zero attached hydrogens (tertiary/aromatic N) is 1. The summed E-state index contributed by atoms with van der Waals surface area (Å²) in [7, 11) is 0. The highest BCUT2D eigenvalue weighted by Crippen LogP contribution is 2.16. The van der Waals surface area contributed by atoms with E-state index < -0.39 is 11.7 Å². The molecule has 0 aromatic heterocycles. The van der Waals surface area contributed by atoms with Crippen molar-refractivity contribution in [3.8, 4) is 0 Å². The van der Waals surface area contributed by atoms with Crippen molar-refractivity contribution in [1.29, 1.82) is 0 Å². The SMILES string of the molecule is O=C(NCC(=O)N1CCC[C@@H]1CO)c1cccc(F)c1. The van der Waals surface area contributed by atoms with Gasteiger partial charge in [0.25, 0.3) is 5.91 Å². The van der Waals surface area contributed by atoms with Gasteiger partial charge in [0, 0.05) is 12.1 Å². The summed E-state index contributed by atoms with van der Waals surface area (Å²) >= 11 is 0. The van der Waals surface area contributed by atoms with Gasteiger partial charge in [-0.05, 0) is 31.0 Å². The number of halogens is 1. The second kappa shape index (κ2) is 6.47. The highest BCUT2D eigenvalue weighted by Gasteiger charge is 2.27. The molecule has 0 aliphatic carbocycles.